The van der Waals surface area contributed by atoms with Crippen molar-refractivity contribution in [1.29, 1.82) is 0 Å². The van der Waals surface area contributed by atoms with Gasteiger partial charge in [0.25, 0.3) is 0 Å². The van der Waals surface area contributed by atoms with E-state index < -0.39 is 5.97 Å². The number of hydrogen-bond donors (Lipinski definition) is 2. The van der Waals surface area contributed by atoms with Crippen LogP contribution in [0, 0.1) is 0 Å². The van der Waals surface area contributed by atoms with Gasteiger partial charge < -0.3 is 10.4 Å². The van der Waals surface area contributed by atoms with Crippen molar-refractivity contribution in [3.05, 3.63) is 0 Å². The third-order valence-corrected chi connectivity index (χ3v) is 1.03. The van der Waals surface area contributed by atoms with Crippen molar-refractivity contribution in [3.8, 4) is 0 Å². The zero-order chi connectivity index (χ0) is 7.28. The lowest BCUT2D eigenvalue weighted by molar-refractivity contribution is -0.137. The maximum atomic E-state index is 10.0. The van der Waals surface area contributed by atoms with Crippen molar-refractivity contribution >= 4 is 18.4 Å². The van der Waals surface area contributed by atoms with Gasteiger partial charge in [-0.2, -0.15) is 0 Å². The van der Waals surface area contributed by atoms with Gasteiger partial charge in [0, 0.05) is 6.04 Å². The molecule has 0 amide bonds. The molecule has 0 aromatic rings. The molecule has 10 heavy (non-hydrogen) atoms. The summed E-state index contributed by atoms with van der Waals surface area (Å²) in [6.07, 6.45) is 0.202. The van der Waals surface area contributed by atoms with Crippen LogP contribution in [0.1, 0.15) is 20.3 Å². The number of carbonyl (C=O) groups is 1. The van der Waals surface area contributed by atoms with Crippen LogP contribution >= 0.6 is 12.4 Å². The Labute approximate surface area is 67.2 Å². The highest BCUT2D eigenvalue weighted by molar-refractivity contribution is 5.85. The zero-order valence-electron chi connectivity index (χ0n) is 6.26. The molecule has 62 valence electrons. The smallest absolute Gasteiger partial charge is 0.304 e. The highest BCUT2D eigenvalue weighted by Gasteiger charge is 2.03. The monoisotopic (exact) mass is 167 g/mol. The van der Waals surface area contributed by atoms with E-state index in [9.17, 15) is 4.79 Å². The molecular formula is C6H14ClNO2. The summed E-state index contributed by atoms with van der Waals surface area (Å²) in [5, 5.41) is 11.3. The molecule has 0 aliphatic rings. The second-order valence-electron chi connectivity index (χ2n) is 2.06. The summed E-state index contributed by atoms with van der Waals surface area (Å²) < 4.78 is 0. The van der Waals surface area contributed by atoms with Crippen LogP contribution in [0.25, 0.3) is 0 Å². The predicted octanol–water partition coefficient (Wildman–Crippen LogP) is 0.881. The Morgan fingerprint density at radius 2 is 2.20 bits per heavy atom. The Morgan fingerprint density at radius 3 is 2.50 bits per heavy atom. The number of halogens is 1. The Balaban J connectivity index is 0. The molecule has 0 bridgehead atoms. The summed E-state index contributed by atoms with van der Waals surface area (Å²) in [5.41, 5.74) is 0. The summed E-state index contributed by atoms with van der Waals surface area (Å²) in [5.74, 6) is -0.747. The SMILES string of the molecule is CCN[C@H](C)CC(=O)O.Cl. The van der Waals surface area contributed by atoms with Gasteiger partial charge in [-0.05, 0) is 13.5 Å². The first-order valence-corrected chi connectivity index (χ1v) is 3.12. The van der Waals surface area contributed by atoms with E-state index in [1.807, 2.05) is 13.8 Å². The first kappa shape index (κ1) is 12.4. The van der Waals surface area contributed by atoms with Crippen LogP contribution < -0.4 is 5.32 Å². The zero-order valence-corrected chi connectivity index (χ0v) is 7.07. The van der Waals surface area contributed by atoms with E-state index in [4.69, 9.17) is 5.11 Å². The average molecular weight is 168 g/mol. The molecule has 0 radical (unpaired) electrons. The van der Waals surface area contributed by atoms with Crippen molar-refractivity contribution < 1.29 is 9.90 Å². The molecule has 0 heterocycles. The summed E-state index contributed by atoms with van der Waals surface area (Å²) >= 11 is 0. The summed E-state index contributed by atoms with van der Waals surface area (Å²) in [6, 6.07) is 0.0903. The number of carboxylic acids is 1. The maximum absolute atomic E-state index is 10.0. The average Bonchev–Trinajstić information content (AvgIpc) is 1.63. The summed E-state index contributed by atoms with van der Waals surface area (Å²) in [4.78, 5) is 10.0. The molecule has 0 spiro atoms. The first-order chi connectivity index (χ1) is 4.16. The molecule has 0 unspecified atom stereocenters. The van der Waals surface area contributed by atoms with Gasteiger partial charge in [-0.15, -0.1) is 12.4 Å². The van der Waals surface area contributed by atoms with E-state index in [2.05, 4.69) is 5.32 Å². The van der Waals surface area contributed by atoms with Crippen LogP contribution in [0.3, 0.4) is 0 Å². The minimum absolute atomic E-state index is 0. The van der Waals surface area contributed by atoms with Crippen LogP contribution in [0.5, 0.6) is 0 Å². The Kier molecular flexibility index (Phi) is 8.48. The van der Waals surface area contributed by atoms with Crippen LogP contribution in [-0.4, -0.2) is 23.7 Å². The van der Waals surface area contributed by atoms with Crippen molar-refractivity contribution in [2.24, 2.45) is 0 Å². The van der Waals surface area contributed by atoms with E-state index >= 15 is 0 Å². The molecule has 0 aliphatic carbocycles. The summed E-state index contributed by atoms with van der Waals surface area (Å²) in [7, 11) is 0. The van der Waals surface area contributed by atoms with E-state index in [0.717, 1.165) is 6.54 Å². The lowest BCUT2D eigenvalue weighted by Gasteiger charge is -2.07. The fraction of sp³-hybridized carbons (Fsp3) is 0.833. The lowest BCUT2D eigenvalue weighted by atomic mass is 10.2. The van der Waals surface area contributed by atoms with E-state index in [0.29, 0.717) is 0 Å². The lowest BCUT2D eigenvalue weighted by Crippen LogP contribution is -2.27. The fourth-order valence-corrected chi connectivity index (χ4v) is 0.683. The van der Waals surface area contributed by atoms with Crippen molar-refractivity contribution in [1.82, 2.24) is 5.32 Å². The van der Waals surface area contributed by atoms with Crippen LogP contribution in [0.4, 0.5) is 0 Å². The highest BCUT2D eigenvalue weighted by atomic mass is 35.5. The number of hydrogen-bond acceptors (Lipinski definition) is 2. The molecule has 0 fully saturated rings. The number of rotatable bonds is 4. The van der Waals surface area contributed by atoms with Crippen LogP contribution in [0.15, 0.2) is 0 Å². The predicted molar refractivity (Wildman–Crippen MR) is 42.6 cm³/mol. The topological polar surface area (TPSA) is 49.3 Å². The molecule has 0 saturated carbocycles. The molecule has 0 aromatic carbocycles. The third-order valence-electron chi connectivity index (χ3n) is 1.03. The number of nitrogens with one attached hydrogen (secondary N) is 1. The standard InChI is InChI=1S/C6H13NO2.ClH/c1-3-7-5(2)4-6(8)9;/h5,7H,3-4H2,1-2H3,(H,8,9);1H/t5-;/m1./s1. The molecular weight excluding hydrogens is 154 g/mol. The van der Waals surface area contributed by atoms with Gasteiger partial charge in [0.05, 0.1) is 6.42 Å². The second kappa shape index (κ2) is 6.83. The van der Waals surface area contributed by atoms with E-state index in [1.54, 1.807) is 0 Å². The normalized spacial score (nSPS) is 11.8. The minimum atomic E-state index is -0.747. The van der Waals surface area contributed by atoms with Crippen molar-refractivity contribution in [2.45, 2.75) is 26.3 Å². The molecule has 0 saturated heterocycles. The molecule has 0 rings (SSSR count). The van der Waals surface area contributed by atoms with Crippen LogP contribution in [0.2, 0.25) is 0 Å². The van der Waals surface area contributed by atoms with Gasteiger partial charge >= 0.3 is 5.97 Å². The second-order valence-corrected chi connectivity index (χ2v) is 2.06. The fourth-order valence-electron chi connectivity index (χ4n) is 0.683. The summed E-state index contributed by atoms with van der Waals surface area (Å²) in [6.45, 7) is 4.64. The Bertz CT molecular complexity index is 97.7. The molecule has 3 nitrogen and oxygen atoms in total. The third kappa shape index (κ3) is 7.72. The minimum Gasteiger partial charge on any atom is -0.481 e. The molecule has 0 aromatic heterocycles. The molecule has 2 N–H and O–H groups in total. The molecule has 4 heteroatoms. The number of aliphatic carboxylic acids is 1. The van der Waals surface area contributed by atoms with Crippen molar-refractivity contribution in [3.63, 3.8) is 0 Å². The molecule has 1 atom stereocenters. The van der Waals surface area contributed by atoms with Crippen molar-refractivity contribution in [2.75, 3.05) is 6.54 Å². The first-order valence-electron chi connectivity index (χ1n) is 3.12. The van der Waals surface area contributed by atoms with E-state index in [1.165, 1.54) is 0 Å². The highest BCUT2D eigenvalue weighted by Crippen LogP contribution is 1.87. The van der Waals surface area contributed by atoms with Crippen LogP contribution in [-0.2, 0) is 4.79 Å². The van der Waals surface area contributed by atoms with Gasteiger partial charge in [0.15, 0.2) is 0 Å². The Hall–Kier alpha value is -0.280. The van der Waals surface area contributed by atoms with Gasteiger partial charge in [-0.1, -0.05) is 6.92 Å². The molecule has 0 aliphatic heterocycles. The van der Waals surface area contributed by atoms with Gasteiger partial charge in [0.2, 0.25) is 0 Å². The Morgan fingerprint density at radius 1 is 1.70 bits per heavy atom. The van der Waals surface area contributed by atoms with E-state index in [-0.39, 0.29) is 24.9 Å². The van der Waals surface area contributed by atoms with Gasteiger partial charge in [-0.25, -0.2) is 0 Å². The number of carboxylic acid groups (broad SMARTS) is 1. The maximum Gasteiger partial charge on any atom is 0.304 e. The largest absolute Gasteiger partial charge is 0.481 e. The quantitative estimate of drug-likeness (QED) is 0.654. The van der Waals surface area contributed by atoms with Gasteiger partial charge in [-0.3, -0.25) is 4.79 Å². The van der Waals surface area contributed by atoms with Gasteiger partial charge in [0.1, 0.15) is 0 Å².